The van der Waals surface area contributed by atoms with Crippen molar-refractivity contribution < 1.29 is 14.3 Å². The Balaban J connectivity index is 3.29. The van der Waals surface area contributed by atoms with Crippen LogP contribution in [0.2, 0.25) is 0 Å². The number of esters is 1. The highest BCUT2D eigenvalue weighted by atomic mass is 16.5. The normalized spacial score (nSPS) is 10.5. The summed E-state index contributed by atoms with van der Waals surface area (Å²) in [5.41, 5.74) is 0. The van der Waals surface area contributed by atoms with Crippen molar-refractivity contribution in [2.75, 3.05) is 40.5 Å². The molecule has 78 valence electrons. The fourth-order valence-electron chi connectivity index (χ4n) is 0.945. The predicted octanol–water partition coefficient (Wildman–Crippen LogP) is 0.518. The molecule has 13 heavy (non-hydrogen) atoms. The maximum absolute atomic E-state index is 10.8. The zero-order valence-corrected chi connectivity index (χ0v) is 8.71. The lowest BCUT2D eigenvalue weighted by Gasteiger charge is -2.14. The molecule has 0 aliphatic rings. The van der Waals surface area contributed by atoms with E-state index in [0.717, 1.165) is 26.2 Å². The van der Waals surface area contributed by atoms with E-state index in [0.29, 0.717) is 6.54 Å². The number of nitrogens with zero attached hydrogens (tertiary/aromatic N) is 1. The first-order valence-electron chi connectivity index (χ1n) is 4.53. The van der Waals surface area contributed by atoms with Gasteiger partial charge in [-0.2, -0.15) is 0 Å². The summed E-state index contributed by atoms with van der Waals surface area (Å²) >= 11 is 0. The molecule has 0 fully saturated rings. The van der Waals surface area contributed by atoms with Gasteiger partial charge in [0, 0.05) is 19.8 Å². The first-order valence-corrected chi connectivity index (χ1v) is 4.53. The van der Waals surface area contributed by atoms with Gasteiger partial charge in [0.2, 0.25) is 0 Å². The van der Waals surface area contributed by atoms with E-state index in [4.69, 9.17) is 4.74 Å². The highest BCUT2D eigenvalue weighted by Crippen LogP contribution is 1.89. The summed E-state index contributed by atoms with van der Waals surface area (Å²) in [5.74, 6) is -0.195. The molecule has 0 heterocycles. The molecule has 0 saturated heterocycles. The minimum absolute atomic E-state index is 0.195. The van der Waals surface area contributed by atoms with E-state index in [1.54, 1.807) is 0 Å². The van der Waals surface area contributed by atoms with Gasteiger partial charge in [-0.25, -0.2) is 0 Å². The van der Waals surface area contributed by atoms with Crippen molar-refractivity contribution in [1.82, 2.24) is 4.90 Å². The fourth-order valence-corrected chi connectivity index (χ4v) is 0.945. The predicted molar refractivity (Wildman–Crippen MR) is 50.6 cm³/mol. The monoisotopic (exact) mass is 189 g/mol. The number of likely N-dealkylation sites (N-methyl/N-ethyl adjacent to an activating group) is 1. The molecule has 0 aliphatic heterocycles. The topological polar surface area (TPSA) is 38.8 Å². The first kappa shape index (κ1) is 12.4. The van der Waals surface area contributed by atoms with Crippen LogP contribution >= 0.6 is 0 Å². The Morgan fingerprint density at radius 1 is 1.46 bits per heavy atom. The minimum Gasteiger partial charge on any atom is -0.468 e. The molecule has 0 aromatic rings. The fraction of sp³-hybridized carbons (Fsp3) is 0.889. The Morgan fingerprint density at radius 3 is 2.69 bits per heavy atom. The van der Waals surface area contributed by atoms with E-state index >= 15 is 0 Å². The Hall–Kier alpha value is -0.610. The summed E-state index contributed by atoms with van der Waals surface area (Å²) in [4.78, 5) is 12.7. The Morgan fingerprint density at radius 2 is 2.15 bits per heavy atom. The Kier molecular flexibility index (Phi) is 7.63. The van der Waals surface area contributed by atoms with Crippen LogP contribution in [0, 0.1) is 0 Å². The van der Waals surface area contributed by atoms with Crippen molar-refractivity contribution in [1.29, 1.82) is 0 Å². The molecule has 0 aromatic heterocycles. The summed E-state index contributed by atoms with van der Waals surface area (Å²) in [6.07, 6.45) is 0.946. The van der Waals surface area contributed by atoms with Gasteiger partial charge in [0.15, 0.2) is 0 Å². The van der Waals surface area contributed by atoms with Crippen LogP contribution in [-0.2, 0) is 14.3 Å². The van der Waals surface area contributed by atoms with Gasteiger partial charge in [-0.3, -0.25) is 9.69 Å². The van der Waals surface area contributed by atoms with Crippen molar-refractivity contribution in [2.24, 2.45) is 0 Å². The van der Waals surface area contributed by atoms with Gasteiger partial charge in [0.05, 0.1) is 13.7 Å². The van der Waals surface area contributed by atoms with E-state index in [2.05, 4.69) is 4.74 Å². The molecule has 0 aliphatic carbocycles. The largest absolute Gasteiger partial charge is 0.468 e. The van der Waals surface area contributed by atoms with E-state index in [-0.39, 0.29) is 5.97 Å². The van der Waals surface area contributed by atoms with Crippen molar-refractivity contribution in [3.05, 3.63) is 0 Å². The molecule has 0 atom stereocenters. The summed E-state index contributed by atoms with van der Waals surface area (Å²) in [6.45, 7) is 4.68. The van der Waals surface area contributed by atoms with Crippen LogP contribution in [0.1, 0.15) is 13.3 Å². The number of hydrogen-bond donors (Lipinski definition) is 0. The summed E-state index contributed by atoms with van der Waals surface area (Å²) < 4.78 is 9.71. The van der Waals surface area contributed by atoms with Gasteiger partial charge >= 0.3 is 5.97 Å². The second kappa shape index (κ2) is 8.01. The third-order valence-corrected chi connectivity index (χ3v) is 1.66. The van der Waals surface area contributed by atoms with Crippen molar-refractivity contribution in [3.8, 4) is 0 Å². The zero-order valence-electron chi connectivity index (χ0n) is 8.71. The van der Waals surface area contributed by atoms with Gasteiger partial charge in [-0.15, -0.1) is 0 Å². The van der Waals surface area contributed by atoms with Crippen LogP contribution < -0.4 is 0 Å². The minimum atomic E-state index is -0.195. The highest BCUT2D eigenvalue weighted by molar-refractivity contribution is 5.71. The van der Waals surface area contributed by atoms with Crippen molar-refractivity contribution >= 4 is 5.97 Å². The lowest BCUT2D eigenvalue weighted by Crippen LogP contribution is -2.28. The van der Waals surface area contributed by atoms with Gasteiger partial charge in [0.25, 0.3) is 0 Å². The van der Waals surface area contributed by atoms with Crippen LogP contribution in [0.4, 0.5) is 0 Å². The number of ether oxygens (including phenoxy) is 2. The highest BCUT2D eigenvalue weighted by Gasteiger charge is 2.04. The van der Waals surface area contributed by atoms with E-state index in [1.807, 2.05) is 18.9 Å². The average Bonchev–Trinajstić information content (AvgIpc) is 2.12. The Labute approximate surface area is 79.8 Å². The lowest BCUT2D eigenvalue weighted by molar-refractivity contribution is -0.141. The molecular weight excluding hydrogens is 170 g/mol. The molecule has 0 radical (unpaired) electrons. The zero-order chi connectivity index (χ0) is 10.1. The van der Waals surface area contributed by atoms with Gasteiger partial charge in [0.1, 0.15) is 0 Å². The average molecular weight is 189 g/mol. The van der Waals surface area contributed by atoms with Crippen LogP contribution in [0.15, 0.2) is 0 Å². The molecule has 0 amide bonds. The van der Waals surface area contributed by atoms with Crippen LogP contribution in [0.25, 0.3) is 0 Å². The van der Waals surface area contributed by atoms with Crippen LogP contribution in [0.3, 0.4) is 0 Å². The molecule has 0 saturated carbocycles. The molecule has 0 N–H and O–H groups in total. The standard InChI is InChI=1S/C9H19NO3/c1-4-13-7-5-6-10(2)8-9(11)12-3/h4-8H2,1-3H3. The van der Waals surface area contributed by atoms with E-state index < -0.39 is 0 Å². The molecule has 0 aromatic carbocycles. The number of rotatable bonds is 7. The molecule has 0 rings (SSSR count). The van der Waals surface area contributed by atoms with Crippen molar-refractivity contribution in [3.63, 3.8) is 0 Å². The summed E-state index contributed by atoms with van der Waals surface area (Å²) in [5, 5.41) is 0. The summed E-state index contributed by atoms with van der Waals surface area (Å²) in [7, 11) is 3.29. The number of carbonyl (C=O) groups excluding carboxylic acids is 1. The van der Waals surface area contributed by atoms with Gasteiger partial charge in [-0.1, -0.05) is 0 Å². The second-order valence-corrected chi connectivity index (χ2v) is 2.86. The van der Waals surface area contributed by atoms with Crippen LogP contribution in [-0.4, -0.2) is 51.3 Å². The molecule has 4 heteroatoms. The number of hydrogen-bond acceptors (Lipinski definition) is 4. The first-order chi connectivity index (χ1) is 6.20. The molecule has 0 bridgehead atoms. The van der Waals surface area contributed by atoms with Gasteiger partial charge in [-0.05, 0) is 20.4 Å². The number of carbonyl (C=O) groups is 1. The van der Waals surface area contributed by atoms with E-state index in [1.165, 1.54) is 7.11 Å². The molecular formula is C9H19NO3. The molecule has 0 unspecified atom stereocenters. The number of methoxy groups -OCH3 is 1. The second-order valence-electron chi connectivity index (χ2n) is 2.86. The smallest absolute Gasteiger partial charge is 0.319 e. The van der Waals surface area contributed by atoms with Crippen LogP contribution in [0.5, 0.6) is 0 Å². The van der Waals surface area contributed by atoms with Crippen molar-refractivity contribution in [2.45, 2.75) is 13.3 Å². The Bertz CT molecular complexity index is 139. The maximum Gasteiger partial charge on any atom is 0.319 e. The van der Waals surface area contributed by atoms with Gasteiger partial charge < -0.3 is 9.47 Å². The SMILES string of the molecule is CCOCCCN(C)CC(=O)OC. The quantitative estimate of drug-likeness (QED) is 0.432. The summed E-state index contributed by atoms with van der Waals surface area (Å²) in [6, 6.07) is 0. The molecule has 4 nitrogen and oxygen atoms in total. The third kappa shape index (κ3) is 7.74. The van der Waals surface area contributed by atoms with E-state index in [9.17, 15) is 4.79 Å². The maximum atomic E-state index is 10.8. The lowest BCUT2D eigenvalue weighted by atomic mass is 10.4. The molecule has 0 spiro atoms. The third-order valence-electron chi connectivity index (χ3n) is 1.66.